The van der Waals surface area contributed by atoms with Crippen molar-refractivity contribution >= 4 is 69.6 Å². The number of aliphatic hydroxyl groups excluding tert-OH is 1. The maximum absolute atomic E-state index is 14.0. The number of likely N-dealkylation sites (tertiary alicyclic amines) is 1. The van der Waals surface area contributed by atoms with E-state index in [2.05, 4.69) is 15.6 Å². The molecule has 4 aromatic carbocycles. The number of halogens is 3. The second-order valence-corrected chi connectivity index (χ2v) is 20.2. The van der Waals surface area contributed by atoms with Crippen LogP contribution >= 0.6 is 23.6 Å². The second-order valence-electron chi connectivity index (χ2n) is 18.9. The molecule has 2 fully saturated rings. The highest BCUT2D eigenvalue weighted by molar-refractivity contribution is 7.81. The lowest BCUT2D eigenvalue weighted by Crippen LogP contribution is -2.60. The number of thiazole rings is 1. The van der Waals surface area contributed by atoms with Crippen LogP contribution in [0, 0.1) is 23.7 Å². The average molecular weight is 1050 g/mol. The van der Waals surface area contributed by atoms with Gasteiger partial charge in [0.2, 0.25) is 17.7 Å². The molecule has 16 nitrogen and oxygen atoms in total. The number of carboxylic acids is 1. The van der Waals surface area contributed by atoms with Crippen molar-refractivity contribution in [1.29, 1.82) is 5.26 Å². The van der Waals surface area contributed by atoms with Gasteiger partial charge >= 0.3 is 12.1 Å². The fraction of sp³-hybridized carbons (Fsp3) is 0.358. The first-order valence-corrected chi connectivity index (χ1v) is 24.8. The van der Waals surface area contributed by atoms with Gasteiger partial charge in [-0.15, -0.1) is 11.3 Å². The van der Waals surface area contributed by atoms with Crippen LogP contribution in [0.5, 0.6) is 5.75 Å². The Morgan fingerprint density at radius 2 is 1.57 bits per heavy atom. The number of aliphatic carboxylic acids is 1. The molecule has 0 spiro atoms. The number of hydrogen-bond acceptors (Lipinski definition) is 12. The Hall–Kier alpha value is -7.25. The maximum atomic E-state index is 14.0. The van der Waals surface area contributed by atoms with Gasteiger partial charge in [0.1, 0.15) is 30.0 Å². The molecule has 0 aliphatic carbocycles. The number of carbonyl (C=O) groups is 5. The van der Waals surface area contributed by atoms with Crippen LogP contribution in [0.3, 0.4) is 0 Å². The number of thiocarbonyl (C=S) groups is 1. The predicted octanol–water partition coefficient (Wildman–Crippen LogP) is 7.64. The van der Waals surface area contributed by atoms with E-state index in [1.165, 1.54) is 31.3 Å². The van der Waals surface area contributed by atoms with Gasteiger partial charge in [-0.05, 0) is 124 Å². The molecule has 2 saturated heterocycles. The molecule has 4 amide bonds. The SMILES string of the molecule is Cc1ncsc1-c1ccc(CNC(=O)[C@@H]2C[C@@H](O)CN2C(=O)C(NC(=O)COCCCCOc2ccc(-c3ccc(N4C(=S)N(c5ccc(C#N)c(C(F)(F)F)c5)C(=O)C4(C)C)cc3)cc2)C(C)(C)C(=O)O)cc1. The topological polar surface area (TPSA) is 215 Å². The van der Waals surface area contributed by atoms with E-state index in [9.17, 15) is 52.6 Å². The standard InChI is InChI=1S/C53H54F3N7O9S2/c1-31-44(74-30-59-31)35-10-8-32(9-11-35)27-58-46(66)42-25-39(64)28-61(42)47(67)45(51(2,3)49(69)70)60-43(65)29-71-22-6-7-23-72-40-20-15-34(16-21-40)33-12-17-37(18-13-33)63-50(73)62(48(68)52(63,4)5)38-19-14-36(26-57)41(24-38)53(54,55)56/h8-21,24,30,39,42,45,64H,6-7,22-23,25,27-29H2,1-5H3,(H,58,66)(H,60,65)(H,69,70)/t39-,42+,45?/m1/s1. The molecule has 3 heterocycles. The number of benzene rings is 4. The molecule has 0 bridgehead atoms. The number of anilines is 2. The number of amides is 4. The van der Waals surface area contributed by atoms with Crippen LogP contribution in [0.15, 0.2) is 96.5 Å². The van der Waals surface area contributed by atoms with Crippen LogP contribution in [0.4, 0.5) is 24.5 Å². The van der Waals surface area contributed by atoms with Crippen molar-refractivity contribution < 1.29 is 56.8 Å². The maximum Gasteiger partial charge on any atom is 0.417 e. The van der Waals surface area contributed by atoms with Crippen LogP contribution in [0.25, 0.3) is 21.6 Å². The van der Waals surface area contributed by atoms with E-state index < -0.39 is 82.6 Å². The lowest BCUT2D eigenvalue weighted by Gasteiger charge is -2.35. The van der Waals surface area contributed by atoms with E-state index in [-0.39, 0.29) is 36.9 Å². The van der Waals surface area contributed by atoms with Crippen LogP contribution in [-0.2, 0) is 41.4 Å². The van der Waals surface area contributed by atoms with Gasteiger partial charge in [-0.2, -0.15) is 18.4 Å². The number of nitrogens with one attached hydrogen (secondary N) is 2. The highest BCUT2D eigenvalue weighted by atomic mass is 32.1. The third kappa shape index (κ3) is 11.9. The first-order valence-electron chi connectivity index (χ1n) is 23.5. The monoisotopic (exact) mass is 1050 g/mol. The molecular formula is C53H54F3N7O9S2. The molecule has 2 aliphatic heterocycles. The van der Waals surface area contributed by atoms with Crippen LogP contribution in [0.2, 0.25) is 0 Å². The molecule has 3 atom stereocenters. The Bertz CT molecular complexity index is 2960. The first-order chi connectivity index (χ1) is 35.0. The Morgan fingerprint density at radius 3 is 2.18 bits per heavy atom. The number of nitriles is 1. The van der Waals surface area contributed by atoms with E-state index in [0.29, 0.717) is 30.9 Å². The Morgan fingerprint density at radius 1 is 0.946 bits per heavy atom. The minimum absolute atomic E-state index is 0.0146. The van der Waals surface area contributed by atoms with Gasteiger partial charge in [-0.1, -0.05) is 48.5 Å². The quantitative estimate of drug-likeness (QED) is 0.0463. The zero-order valence-electron chi connectivity index (χ0n) is 41.1. The fourth-order valence-electron chi connectivity index (χ4n) is 8.68. The third-order valence-electron chi connectivity index (χ3n) is 13.0. The number of alkyl halides is 3. The Labute approximate surface area is 434 Å². The zero-order valence-corrected chi connectivity index (χ0v) is 42.7. The van der Waals surface area contributed by atoms with E-state index in [0.717, 1.165) is 54.8 Å². The zero-order chi connectivity index (χ0) is 53.7. The largest absolute Gasteiger partial charge is 0.494 e. The van der Waals surface area contributed by atoms with Crippen molar-refractivity contribution in [3.63, 3.8) is 0 Å². The number of carboxylic acid groups (broad SMARTS) is 1. The van der Waals surface area contributed by atoms with Crippen molar-refractivity contribution in [2.75, 3.05) is 36.2 Å². The van der Waals surface area contributed by atoms with Gasteiger partial charge in [-0.25, -0.2) is 4.98 Å². The van der Waals surface area contributed by atoms with Crippen LogP contribution in [0.1, 0.15) is 69.3 Å². The molecule has 4 N–H and O–H groups in total. The summed E-state index contributed by atoms with van der Waals surface area (Å²) in [5.74, 6) is -3.39. The van der Waals surface area contributed by atoms with Gasteiger partial charge in [-0.3, -0.25) is 28.9 Å². The highest BCUT2D eigenvalue weighted by Gasteiger charge is 2.51. The van der Waals surface area contributed by atoms with Gasteiger partial charge in [0.15, 0.2) is 5.11 Å². The molecule has 2 aliphatic rings. The minimum Gasteiger partial charge on any atom is -0.494 e. The summed E-state index contributed by atoms with van der Waals surface area (Å²) in [7, 11) is 0. The Balaban J connectivity index is 0.860. The van der Waals surface area contributed by atoms with Crippen molar-refractivity contribution in [3.8, 4) is 33.4 Å². The molecule has 74 heavy (non-hydrogen) atoms. The smallest absolute Gasteiger partial charge is 0.417 e. The first kappa shape index (κ1) is 54.5. The minimum atomic E-state index is -4.82. The molecule has 0 saturated carbocycles. The summed E-state index contributed by atoms with van der Waals surface area (Å²) in [4.78, 5) is 75.7. The number of β-amino-alcohol motifs (C(OH)–C–C–N with tert-alkyl or cyclic N) is 1. The Kier molecular flexibility index (Phi) is 16.6. The number of carbonyl (C=O) groups excluding carboxylic acids is 4. The number of hydrogen-bond donors (Lipinski definition) is 4. The third-order valence-corrected chi connectivity index (χ3v) is 14.3. The van der Waals surface area contributed by atoms with E-state index >= 15 is 0 Å². The van der Waals surface area contributed by atoms with Crippen molar-refractivity contribution in [3.05, 3.63) is 119 Å². The van der Waals surface area contributed by atoms with E-state index in [1.807, 2.05) is 55.5 Å². The van der Waals surface area contributed by atoms with Gasteiger partial charge in [0.05, 0.1) is 57.1 Å². The summed E-state index contributed by atoms with van der Waals surface area (Å²) in [6, 6.07) is 24.0. The molecular weight excluding hydrogens is 1000 g/mol. The summed E-state index contributed by atoms with van der Waals surface area (Å²) in [5.41, 5.74) is 1.81. The summed E-state index contributed by atoms with van der Waals surface area (Å²) in [5, 5.41) is 35.2. The molecule has 1 aromatic heterocycles. The molecule has 0 radical (unpaired) electrons. The number of nitrogens with zero attached hydrogens (tertiary/aromatic N) is 5. The predicted molar refractivity (Wildman–Crippen MR) is 274 cm³/mol. The normalized spacial score (nSPS) is 17.0. The van der Waals surface area contributed by atoms with Crippen molar-refractivity contribution in [2.24, 2.45) is 5.41 Å². The second kappa shape index (κ2) is 22.5. The average Bonchev–Trinajstić information content (AvgIpc) is 4.03. The lowest BCUT2D eigenvalue weighted by atomic mass is 9.83. The van der Waals surface area contributed by atoms with Gasteiger partial charge in [0.25, 0.3) is 5.91 Å². The summed E-state index contributed by atoms with van der Waals surface area (Å²) in [6.45, 7) is 7.68. The molecule has 21 heteroatoms. The molecule has 388 valence electrons. The van der Waals surface area contributed by atoms with E-state index in [4.69, 9.17) is 21.7 Å². The van der Waals surface area contributed by atoms with Crippen LogP contribution < -0.4 is 25.2 Å². The van der Waals surface area contributed by atoms with Crippen molar-refractivity contribution in [2.45, 2.75) is 90.3 Å². The van der Waals surface area contributed by atoms with Gasteiger partial charge < -0.3 is 40.1 Å². The van der Waals surface area contributed by atoms with Crippen molar-refractivity contribution in [1.82, 2.24) is 20.5 Å². The molecule has 1 unspecified atom stereocenters. The molecule has 5 aromatic rings. The highest BCUT2D eigenvalue weighted by Crippen LogP contribution is 2.40. The fourth-order valence-corrected chi connectivity index (χ4v) is 10.0. The summed E-state index contributed by atoms with van der Waals surface area (Å²) >= 11 is 7.19. The number of rotatable bonds is 19. The van der Waals surface area contributed by atoms with Gasteiger partial charge in [0, 0.05) is 31.8 Å². The summed E-state index contributed by atoms with van der Waals surface area (Å²) in [6.07, 6.45) is -4.88. The number of ether oxygens (including phenoxy) is 2. The summed E-state index contributed by atoms with van der Waals surface area (Å²) < 4.78 is 52.8. The molecule has 7 rings (SSSR count). The van der Waals surface area contributed by atoms with E-state index in [1.54, 1.807) is 54.6 Å². The number of aliphatic hydroxyl groups is 1. The number of unbranched alkanes of at least 4 members (excludes halogenated alkanes) is 1. The van der Waals surface area contributed by atoms with Crippen LogP contribution in [-0.4, -0.2) is 105 Å². The number of aryl methyl sites for hydroxylation is 1. The lowest BCUT2D eigenvalue weighted by molar-refractivity contribution is -0.156. The number of aromatic nitrogens is 1.